The van der Waals surface area contributed by atoms with Crippen molar-refractivity contribution in [2.75, 3.05) is 11.9 Å². The topological polar surface area (TPSA) is 76.1 Å². The lowest BCUT2D eigenvalue weighted by Gasteiger charge is -2.11. The van der Waals surface area contributed by atoms with Gasteiger partial charge in [-0.05, 0) is 67.3 Å². The number of hydrogen-bond donors (Lipinski definition) is 2. The number of para-hydroxylation sites is 1. The average Bonchev–Trinajstić information content (AvgIpc) is 3.51. The highest BCUT2D eigenvalue weighted by Gasteiger charge is 2.23. The molecular weight excluding hydrogens is 396 g/mol. The van der Waals surface area contributed by atoms with Crippen LogP contribution >= 0.6 is 11.3 Å². The summed E-state index contributed by atoms with van der Waals surface area (Å²) in [4.78, 5) is 21.3. The molecule has 4 aromatic rings. The minimum absolute atomic E-state index is 0.154. The van der Waals surface area contributed by atoms with Crippen molar-refractivity contribution in [3.05, 3.63) is 72.4 Å². The molecule has 2 aromatic heterocycles. The Hall–Kier alpha value is -3.45. The van der Waals surface area contributed by atoms with Crippen molar-refractivity contribution in [1.29, 1.82) is 0 Å². The molecule has 6 nitrogen and oxygen atoms in total. The van der Waals surface area contributed by atoms with Crippen LogP contribution in [0.3, 0.4) is 0 Å². The molecule has 1 saturated carbocycles. The number of nitrogens with one attached hydrogen (secondary N) is 2. The van der Waals surface area contributed by atoms with Crippen LogP contribution in [-0.2, 0) is 0 Å². The molecule has 0 radical (unpaired) electrons. The zero-order chi connectivity index (χ0) is 20.3. The number of thiazole rings is 1. The van der Waals surface area contributed by atoms with Gasteiger partial charge in [-0.25, -0.2) is 9.97 Å². The summed E-state index contributed by atoms with van der Waals surface area (Å²) in [6, 6.07) is 19.0. The summed E-state index contributed by atoms with van der Waals surface area (Å²) in [7, 11) is 0. The fourth-order valence-corrected chi connectivity index (χ4v) is 3.95. The Balaban J connectivity index is 1.27. The van der Waals surface area contributed by atoms with Crippen LogP contribution in [0.5, 0.6) is 11.6 Å². The largest absolute Gasteiger partial charge is 0.438 e. The van der Waals surface area contributed by atoms with Gasteiger partial charge in [-0.2, -0.15) is 0 Å². The molecule has 0 spiro atoms. The summed E-state index contributed by atoms with van der Waals surface area (Å²) in [5, 5.41) is 7.12. The van der Waals surface area contributed by atoms with Gasteiger partial charge in [0, 0.05) is 18.4 Å². The van der Waals surface area contributed by atoms with Crippen LogP contribution in [0.25, 0.3) is 10.2 Å². The molecule has 2 aromatic carbocycles. The summed E-state index contributed by atoms with van der Waals surface area (Å²) >= 11 is 1.61. The molecule has 0 aliphatic heterocycles. The Morgan fingerprint density at radius 2 is 1.90 bits per heavy atom. The van der Waals surface area contributed by atoms with Gasteiger partial charge in [0.1, 0.15) is 11.3 Å². The number of carbonyl (C=O) groups excluding carboxylic acids is 1. The van der Waals surface area contributed by atoms with E-state index in [1.54, 1.807) is 29.7 Å². The van der Waals surface area contributed by atoms with Crippen LogP contribution in [0.15, 0.2) is 66.9 Å². The molecule has 7 heteroatoms. The number of ether oxygens (including phenoxy) is 1. The molecule has 1 aliphatic rings. The second-order valence-corrected chi connectivity index (χ2v) is 8.28. The van der Waals surface area contributed by atoms with Crippen molar-refractivity contribution in [3.63, 3.8) is 0 Å². The van der Waals surface area contributed by atoms with Crippen molar-refractivity contribution in [2.45, 2.75) is 12.8 Å². The maximum absolute atomic E-state index is 12.5. The highest BCUT2D eigenvalue weighted by atomic mass is 32.1. The molecule has 1 amide bonds. The number of benzene rings is 2. The summed E-state index contributed by atoms with van der Waals surface area (Å²) in [6.07, 6.45) is 4.00. The zero-order valence-corrected chi connectivity index (χ0v) is 17.0. The minimum atomic E-state index is -0.154. The van der Waals surface area contributed by atoms with E-state index >= 15 is 0 Å². The van der Waals surface area contributed by atoms with Gasteiger partial charge in [0.25, 0.3) is 5.91 Å². The number of hydrogen-bond acceptors (Lipinski definition) is 6. The number of fused-ring (bicyclic) bond motifs is 1. The van der Waals surface area contributed by atoms with Crippen LogP contribution in [0.2, 0.25) is 0 Å². The van der Waals surface area contributed by atoms with E-state index < -0.39 is 0 Å². The average molecular weight is 417 g/mol. The van der Waals surface area contributed by atoms with Crippen molar-refractivity contribution in [2.24, 2.45) is 5.92 Å². The van der Waals surface area contributed by atoms with Crippen LogP contribution in [-0.4, -0.2) is 22.4 Å². The van der Waals surface area contributed by atoms with E-state index in [0.717, 1.165) is 21.0 Å². The number of nitrogens with zero attached hydrogens (tertiary/aromatic N) is 2. The van der Waals surface area contributed by atoms with Crippen LogP contribution in [0, 0.1) is 5.92 Å². The zero-order valence-electron chi connectivity index (χ0n) is 16.2. The van der Waals surface area contributed by atoms with E-state index in [0.29, 0.717) is 29.7 Å². The van der Waals surface area contributed by atoms with E-state index in [-0.39, 0.29) is 5.91 Å². The Morgan fingerprint density at radius 3 is 2.70 bits per heavy atom. The summed E-state index contributed by atoms with van der Waals surface area (Å²) < 4.78 is 7.03. The number of amides is 1. The monoisotopic (exact) mass is 416 g/mol. The first-order valence-corrected chi connectivity index (χ1v) is 10.7. The summed E-state index contributed by atoms with van der Waals surface area (Å²) in [6.45, 7) is 0.708. The van der Waals surface area contributed by atoms with Gasteiger partial charge in [0.2, 0.25) is 5.88 Å². The molecule has 0 unspecified atom stereocenters. The molecule has 0 bridgehead atoms. The molecule has 150 valence electrons. The first-order valence-electron chi connectivity index (χ1n) is 9.88. The second-order valence-electron chi connectivity index (χ2n) is 7.25. The lowest BCUT2D eigenvalue weighted by molar-refractivity contribution is 0.0949. The molecule has 30 heavy (non-hydrogen) atoms. The van der Waals surface area contributed by atoms with Gasteiger partial charge in [-0.1, -0.05) is 23.5 Å². The molecule has 5 rings (SSSR count). The smallest absolute Gasteiger partial charge is 0.256 e. The number of aromatic nitrogens is 2. The van der Waals surface area contributed by atoms with Crippen molar-refractivity contribution >= 4 is 38.3 Å². The molecule has 1 fully saturated rings. The Kier molecular flexibility index (Phi) is 5.03. The third kappa shape index (κ3) is 4.26. The van der Waals surface area contributed by atoms with E-state index in [1.165, 1.54) is 12.8 Å². The first-order chi connectivity index (χ1) is 14.7. The van der Waals surface area contributed by atoms with E-state index in [1.807, 2.05) is 42.5 Å². The van der Waals surface area contributed by atoms with Crippen molar-refractivity contribution < 1.29 is 9.53 Å². The van der Waals surface area contributed by atoms with Crippen molar-refractivity contribution in [1.82, 2.24) is 15.3 Å². The molecular formula is C23H20N4O2S. The fourth-order valence-electron chi connectivity index (χ4n) is 3.07. The van der Waals surface area contributed by atoms with Crippen LogP contribution in [0.1, 0.15) is 23.2 Å². The van der Waals surface area contributed by atoms with E-state index in [4.69, 9.17) is 4.74 Å². The van der Waals surface area contributed by atoms with E-state index in [9.17, 15) is 4.79 Å². The van der Waals surface area contributed by atoms with Crippen molar-refractivity contribution in [3.8, 4) is 11.6 Å². The first kappa shape index (κ1) is 18.6. The SMILES string of the molecule is O=C(NCC1CC1)c1cccnc1Oc1ccc(Nc2nc3ccccc3s2)cc1. The predicted molar refractivity (Wildman–Crippen MR) is 119 cm³/mol. The van der Waals surface area contributed by atoms with Crippen LogP contribution in [0.4, 0.5) is 10.8 Å². The summed E-state index contributed by atoms with van der Waals surface area (Å²) in [5.41, 5.74) is 2.33. The minimum Gasteiger partial charge on any atom is -0.438 e. The Morgan fingerprint density at radius 1 is 1.07 bits per heavy atom. The quantitative estimate of drug-likeness (QED) is 0.424. The van der Waals surface area contributed by atoms with Gasteiger partial charge in [0.05, 0.1) is 10.2 Å². The molecule has 0 atom stereocenters. The molecule has 1 aliphatic carbocycles. The van der Waals surface area contributed by atoms with Gasteiger partial charge in [-0.15, -0.1) is 0 Å². The third-order valence-corrected chi connectivity index (χ3v) is 5.83. The second kappa shape index (κ2) is 8.12. The van der Waals surface area contributed by atoms with Crippen LogP contribution < -0.4 is 15.4 Å². The normalized spacial score (nSPS) is 13.2. The lowest BCUT2D eigenvalue weighted by atomic mass is 10.2. The predicted octanol–water partition coefficient (Wildman–Crippen LogP) is 5.37. The lowest BCUT2D eigenvalue weighted by Crippen LogP contribution is -2.26. The standard InChI is InChI=1S/C23H20N4O2S/c28-21(25-14-15-7-8-15)18-4-3-13-24-22(18)29-17-11-9-16(10-12-17)26-23-27-19-5-1-2-6-20(19)30-23/h1-6,9-13,15H,7-8,14H2,(H,25,28)(H,26,27). The maximum atomic E-state index is 12.5. The number of rotatable bonds is 7. The number of carbonyl (C=O) groups is 1. The van der Waals surface area contributed by atoms with Gasteiger partial charge >= 0.3 is 0 Å². The Bertz CT molecular complexity index is 1150. The number of pyridine rings is 1. The molecule has 0 saturated heterocycles. The molecule has 2 N–H and O–H groups in total. The molecule has 2 heterocycles. The summed E-state index contributed by atoms with van der Waals surface area (Å²) in [5.74, 6) is 1.38. The third-order valence-electron chi connectivity index (χ3n) is 4.88. The highest BCUT2D eigenvalue weighted by molar-refractivity contribution is 7.22. The van der Waals surface area contributed by atoms with E-state index in [2.05, 4.69) is 26.7 Å². The van der Waals surface area contributed by atoms with Gasteiger partial charge < -0.3 is 15.4 Å². The highest BCUT2D eigenvalue weighted by Crippen LogP contribution is 2.30. The Labute approximate surface area is 178 Å². The fraction of sp³-hybridized carbons (Fsp3) is 0.174. The van der Waals surface area contributed by atoms with Gasteiger partial charge in [0.15, 0.2) is 5.13 Å². The maximum Gasteiger partial charge on any atom is 0.256 e. The number of anilines is 2. The van der Waals surface area contributed by atoms with Gasteiger partial charge in [-0.3, -0.25) is 4.79 Å².